The molecule has 0 spiro atoms. The van der Waals surface area contributed by atoms with Crippen molar-refractivity contribution in [3.8, 4) is 11.3 Å². The van der Waals surface area contributed by atoms with Crippen LogP contribution in [0.2, 0.25) is 0 Å². The van der Waals surface area contributed by atoms with Gasteiger partial charge in [0.05, 0.1) is 5.69 Å². The van der Waals surface area contributed by atoms with Crippen molar-refractivity contribution in [1.82, 2.24) is 4.98 Å². The summed E-state index contributed by atoms with van der Waals surface area (Å²) in [6, 6.07) is 21.8. The zero-order chi connectivity index (χ0) is 17.2. The number of hydrogen-bond acceptors (Lipinski definition) is 3. The Bertz CT molecular complexity index is 1050. The summed E-state index contributed by atoms with van der Waals surface area (Å²) in [6.07, 6.45) is 0. The van der Waals surface area contributed by atoms with Crippen LogP contribution in [0.5, 0.6) is 0 Å². The Morgan fingerprint density at radius 1 is 0.960 bits per heavy atom. The SMILES string of the molecule is Cc1ccc(-c2csc(NC(=O)c3cccc4ccccc34)n2)cc1. The molecule has 3 nitrogen and oxygen atoms in total. The van der Waals surface area contributed by atoms with Crippen molar-refractivity contribution in [1.29, 1.82) is 0 Å². The van der Waals surface area contributed by atoms with Crippen molar-refractivity contribution in [3.63, 3.8) is 0 Å². The van der Waals surface area contributed by atoms with Gasteiger partial charge in [0.1, 0.15) is 0 Å². The number of carbonyl (C=O) groups is 1. The summed E-state index contributed by atoms with van der Waals surface area (Å²) in [6.45, 7) is 2.06. The first-order valence-electron chi connectivity index (χ1n) is 8.02. The lowest BCUT2D eigenvalue weighted by Gasteiger charge is -2.06. The molecule has 4 heteroatoms. The molecule has 4 aromatic rings. The van der Waals surface area contributed by atoms with E-state index in [2.05, 4.69) is 29.4 Å². The summed E-state index contributed by atoms with van der Waals surface area (Å²) in [5, 5.41) is 7.48. The van der Waals surface area contributed by atoms with Crippen molar-refractivity contribution < 1.29 is 4.79 Å². The summed E-state index contributed by atoms with van der Waals surface area (Å²) >= 11 is 1.43. The minimum Gasteiger partial charge on any atom is -0.298 e. The molecule has 0 fully saturated rings. The second-order valence-corrected chi connectivity index (χ2v) is 6.74. The maximum Gasteiger partial charge on any atom is 0.258 e. The van der Waals surface area contributed by atoms with Gasteiger partial charge in [-0.05, 0) is 23.8 Å². The Kier molecular flexibility index (Phi) is 4.04. The van der Waals surface area contributed by atoms with Gasteiger partial charge in [0, 0.05) is 16.5 Å². The van der Waals surface area contributed by atoms with Gasteiger partial charge in [-0.25, -0.2) is 4.98 Å². The van der Waals surface area contributed by atoms with E-state index in [9.17, 15) is 4.79 Å². The average molecular weight is 344 g/mol. The van der Waals surface area contributed by atoms with Crippen molar-refractivity contribution in [2.45, 2.75) is 6.92 Å². The fourth-order valence-electron chi connectivity index (χ4n) is 2.78. The first kappa shape index (κ1) is 15.5. The van der Waals surface area contributed by atoms with E-state index < -0.39 is 0 Å². The number of hydrogen-bond donors (Lipinski definition) is 1. The Labute approximate surface area is 150 Å². The summed E-state index contributed by atoms with van der Waals surface area (Å²) in [7, 11) is 0. The molecule has 3 aromatic carbocycles. The molecule has 0 saturated heterocycles. The molecule has 0 bridgehead atoms. The molecule has 0 saturated carbocycles. The average Bonchev–Trinajstić information content (AvgIpc) is 3.10. The Balaban J connectivity index is 1.60. The Morgan fingerprint density at radius 2 is 1.72 bits per heavy atom. The van der Waals surface area contributed by atoms with E-state index in [4.69, 9.17) is 0 Å². The molecule has 0 aliphatic rings. The molecule has 0 radical (unpaired) electrons. The third-order valence-corrected chi connectivity index (χ3v) is 4.86. The van der Waals surface area contributed by atoms with Crippen molar-refractivity contribution in [2.24, 2.45) is 0 Å². The van der Waals surface area contributed by atoms with Crippen molar-refractivity contribution in [3.05, 3.63) is 83.2 Å². The van der Waals surface area contributed by atoms with Crippen molar-refractivity contribution >= 4 is 33.1 Å². The van der Waals surface area contributed by atoms with Gasteiger partial charge in [-0.15, -0.1) is 11.3 Å². The van der Waals surface area contributed by atoms with Crippen LogP contribution in [0.15, 0.2) is 72.1 Å². The maximum absolute atomic E-state index is 12.7. The van der Waals surface area contributed by atoms with Gasteiger partial charge in [-0.1, -0.05) is 66.2 Å². The van der Waals surface area contributed by atoms with Crippen LogP contribution in [0.25, 0.3) is 22.0 Å². The first-order valence-corrected chi connectivity index (χ1v) is 8.90. The van der Waals surface area contributed by atoms with Crippen LogP contribution in [-0.4, -0.2) is 10.9 Å². The molecule has 1 aromatic heterocycles. The number of aromatic nitrogens is 1. The van der Waals surface area contributed by atoms with Crippen LogP contribution in [0.4, 0.5) is 5.13 Å². The van der Waals surface area contributed by atoms with Crippen LogP contribution >= 0.6 is 11.3 Å². The van der Waals surface area contributed by atoms with E-state index in [1.807, 2.05) is 60.0 Å². The van der Waals surface area contributed by atoms with Crippen LogP contribution < -0.4 is 5.32 Å². The summed E-state index contributed by atoms with van der Waals surface area (Å²) < 4.78 is 0. The molecule has 1 heterocycles. The van der Waals surface area contributed by atoms with Crippen LogP contribution in [-0.2, 0) is 0 Å². The van der Waals surface area contributed by atoms with Crippen LogP contribution in [0.1, 0.15) is 15.9 Å². The van der Waals surface area contributed by atoms with Crippen LogP contribution in [0, 0.1) is 6.92 Å². The molecular weight excluding hydrogens is 328 g/mol. The topological polar surface area (TPSA) is 42.0 Å². The van der Waals surface area contributed by atoms with Gasteiger partial charge >= 0.3 is 0 Å². The van der Waals surface area contributed by atoms with Gasteiger partial charge in [0.2, 0.25) is 0 Å². The maximum atomic E-state index is 12.7. The quantitative estimate of drug-likeness (QED) is 0.531. The number of rotatable bonds is 3. The largest absolute Gasteiger partial charge is 0.298 e. The third kappa shape index (κ3) is 3.16. The molecule has 1 amide bonds. The molecule has 4 rings (SSSR count). The highest BCUT2D eigenvalue weighted by Gasteiger charge is 2.12. The van der Waals surface area contributed by atoms with E-state index in [1.165, 1.54) is 16.9 Å². The molecule has 0 aliphatic carbocycles. The fourth-order valence-corrected chi connectivity index (χ4v) is 3.49. The minimum absolute atomic E-state index is 0.137. The minimum atomic E-state index is -0.137. The highest BCUT2D eigenvalue weighted by molar-refractivity contribution is 7.14. The predicted molar refractivity (Wildman–Crippen MR) is 104 cm³/mol. The van der Waals surface area contributed by atoms with Gasteiger partial charge in [-0.2, -0.15) is 0 Å². The normalized spacial score (nSPS) is 10.8. The Hall–Kier alpha value is -2.98. The van der Waals surface area contributed by atoms with Crippen molar-refractivity contribution in [2.75, 3.05) is 5.32 Å². The molecule has 25 heavy (non-hydrogen) atoms. The highest BCUT2D eigenvalue weighted by Crippen LogP contribution is 2.26. The van der Waals surface area contributed by atoms with Gasteiger partial charge in [0.15, 0.2) is 5.13 Å². The second-order valence-electron chi connectivity index (χ2n) is 5.88. The molecule has 0 aliphatic heterocycles. The fraction of sp³-hybridized carbons (Fsp3) is 0.0476. The summed E-state index contributed by atoms with van der Waals surface area (Å²) in [5.41, 5.74) is 3.79. The summed E-state index contributed by atoms with van der Waals surface area (Å²) in [5.74, 6) is -0.137. The third-order valence-electron chi connectivity index (χ3n) is 4.11. The lowest BCUT2D eigenvalue weighted by Crippen LogP contribution is -2.12. The molecule has 0 atom stereocenters. The lowest BCUT2D eigenvalue weighted by molar-refractivity contribution is 0.102. The number of anilines is 1. The number of nitrogens with one attached hydrogen (secondary N) is 1. The molecule has 122 valence electrons. The number of carbonyl (C=O) groups excluding carboxylic acids is 1. The number of nitrogens with zero attached hydrogens (tertiary/aromatic N) is 1. The number of thiazole rings is 1. The number of amides is 1. The monoisotopic (exact) mass is 344 g/mol. The predicted octanol–water partition coefficient (Wildman–Crippen LogP) is 5.52. The highest BCUT2D eigenvalue weighted by atomic mass is 32.1. The smallest absolute Gasteiger partial charge is 0.258 e. The summed E-state index contributed by atoms with van der Waals surface area (Å²) in [4.78, 5) is 17.2. The first-order chi connectivity index (χ1) is 12.2. The Morgan fingerprint density at radius 3 is 2.56 bits per heavy atom. The van der Waals surface area contributed by atoms with E-state index >= 15 is 0 Å². The van der Waals surface area contributed by atoms with E-state index in [-0.39, 0.29) is 5.91 Å². The standard InChI is InChI=1S/C21H16N2OS/c1-14-9-11-16(12-10-14)19-13-25-21(22-19)23-20(24)18-8-4-6-15-5-2-3-7-17(15)18/h2-13H,1H3,(H,22,23,24). The molecule has 0 unspecified atom stereocenters. The number of benzene rings is 3. The molecule has 1 N–H and O–H groups in total. The van der Waals surface area contributed by atoms with E-state index in [1.54, 1.807) is 0 Å². The lowest BCUT2D eigenvalue weighted by atomic mass is 10.0. The van der Waals surface area contributed by atoms with E-state index in [0.717, 1.165) is 22.0 Å². The second kappa shape index (κ2) is 6.49. The van der Waals surface area contributed by atoms with E-state index in [0.29, 0.717) is 10.7 Å². The number of aryl methyl sites for hydroxylation is 1. The van der Waals surface area contributed by atoms with Crippen LogP contribution in [0.3, 0.4) is 0 Å². The van der Waals surface area contributed by atoms with Gasteiger partial charge in [0.25, 0.3) is 5.91 Å². The number of fused-ring (bicyclic) bond motifs is 1. The zero-order valence-corrected chi connectivity index (χ0v) is 14.5. The molecular formula is C21H16N2OS. The van der Waals surface area contributed by atoms with Gasteiger partial charge < -0.3 is 0 Å². The zero-order valence-electron chi connectivity index (χ0n) is 13.7. The van der Waals surface area contributed by atoms with Gasteiger partial charge in [-0.3, -0.25) is 10.1 Å².